The first-order chi connectivity index (χ1) is 17.1. The zero-order chi connectivity index (χ0) is 24.2. The Morgan fingerprint density at radius 3 is 2.51 bits per heavy atom. The summed E-state index contributed by atoms with van der Waals surface area (Å²) < 4.78 is 6.13. The summed E-state index contributed by atoms with van der Waals surface area (Å²) in [5, 5.41) is 10.8. The minimum Gasteiger partial charge on any atom is -0.493 e. The number of piperidine rings is 1. The van der Waals surface area contributed by atoms with E-state index in [2.05, 4.69) is 41.0 Å². The number of β-amino-alcohol motifs (C(OH)–C–C–N with tert-alkyl or cyclic N) is 1. The maximum Gasteiger partial charge on any atom is 0.254 e. The highest BCUT2D eigenvalue weighted by Crippen LogP contribution is 2.26. The second kappa shape index (κ2) is 11.1. The van der Waals surface area contributed by atoms with Gasteiger partial charge in [-0.25, -0.2) is 0 Å². The number of benzene rings is 2. The molecule has 1 amide bonds. The van der Waals surface area contributed by atoms with Crippen molar-refractivity contribution < 1.29 is 14.6 Å². The number of carbonyl (C=O) groups is 1. The summed E-state index contributed by atoms with van der Waals surface area (Å²) in [5.41, 5.74) is 4.57. The van der Waals surface area contributed by atoms with Crippen LogP contribution in [-0.4, -0.2) is 84.2 Å². The predicted octanol–water partition coefficient (Wildman–Crippen LogP) is 3.21. The van der Waals surface area contributed by atoms with Crippen molar-refractivity contribution in [3.05, 3.63) is 64.7 Å². The van der Waals surface area contributed by atoms with Crippen LogP contribution in [0.3, 0.4) is 0 Å². The number of likely N-dealkylation sites (tertiary alicyclic amines) is 1. The molecule has 1 atom stereocenters. The van der Waals surface area contributed by atoms with E-state index in [4.69, 9.17) is 4.74 Å². The Morgan fingerprint density at radius 2 is 1.71 bits per heavy atom. The Bertz CT molecular complexity index is 1020. The first-order valence-corrected chi connectivity index (χ1v) is 13.3. The highest BCUT2D eigenvalue weighted by molar-refractivity contribution is 5.97. The normalized spacial score (nSPS) is 20.4. The summed E-state index contributed by atoms with van der Waals surface area (Å²) in [6, 6.07) is 14.4. The number of hydrogen-bond acceptors (Lipinski definition) is 5. The molecule has 188 valence electrons. The first-order valence-electron chi connectivity index (χ1n) is 13.3. The van der Waals surface area contributed by atoms with Gasteiger partial charge in [-0.05, 0) is 86.1 Å². The van der Waals surface area contributed by atoms with Crippen LogP contribution in [-0.2, 0) is 19.4 Å². The van der Waals surface area contributed by atoms with E-state index in [1.807, 2.05) is 23.1 Å². The molecule has 0 radical (unpaired) electrons. The van der Waals surface area contributed by atoms with Gasteiger partial charge in [0.15, 0.2) is 0 Å². The average Bonchev–Trinajstić information content (AvgIpc) is 2.89. The molecule has 3 heterocycles. The first kappa shape index (κ1) is 24.3. The van der Waals surface area contributed by atoms with Gasteiger partial charge >= 0.3 is 0 Å². The fourth-order valence-electron chi connectivity index (χ4n) is 5.78. The van der Waals surface area contributed by atoms with Crippen molar-refractivity contribution in [1.82, 2.24) is 14.7 Å². The molecule has 5 rings (SSSR count). The topological polar surface area (TPSA) is 56.2 Å². The zero-order valence-electron chi connectivity index (χ0n) is 21.0. The molecule has 0 unspecified atom stereocenters. The molecule has 35 heavy (non-hydrogen) atoms. The minimum atomic E-state index is -0.549. The molecule has 1 N–H and O–H groups in total. The van der Waals surface area contributed by atoms with E-state index in [1.165, 1.54) is 24.0 Å². The van der Waals surface area contributed by atoms with Gasteiger partial charge in [0, 0.05) is 38.3 Å². The van der Waals surface area contributed by atoms with E-state index >= 15 is 0 Å². The number of carbonyl (C=O) groups excluding carboxylic acids is 1. The van der Waals surface area contributed by atoms with Crippen molar-refractivity contribution in [2.75, 3.05) is 52.4 Å². The second-order valence-electron chi connectivity index (χ2n) is 10.4. The van der Waals surface area contributed by atoms with Crippen LogP contribution >= 0.6 is 0 Å². The van der Waals surface area contributed by atoms with Gasteiger partial charge in [-0.3, -0.25) is 9.69 Å². The highest BCUT2D eigenvalue weighted by atomic mass is 16.5. The van der Waals surface area contributed by atoms with Crippen LogP contribution in [0.25, 0.3) is 0 Å². The van der Waals surface area contributed by atoms with Crippen LogP contribution < -0.4 is 4.74 Å². The molecule has 0 bridgehead atoms. The van der Waals surface area contributed by atoms with Gasteiger partial charge in [-0.1, -0.05) is 31.2 Å². The van der Waals surface area contributed by atoms with E-state index in [0.29, 0.717) is 25.6 Å². The number of hydrogen-bond donors (Lipinski definition) is 1. The number of fused-ring (bicyclic) bond motifs is 2. The van der Waals surface area contributed by atoms with E-state index in [0.717, 1.165) is 69.0 Å². The molecule has 2 aromatic carbocycles. The third kappa shape index (κ3) is 5.88. The highest BCUT2D eigenvalue weighted by Gasteiger charge is 2.28. The zero-order valence-corrected chi connectivity index (χ0v) is 21.0. The van der Waals surface area contributed by atoms with Crippen molar-refractivity contribution in [3.8, 4) is 5.75 Å². The Balaban J connectivity index is 1.11. The molecule has 3 aliphatic rings. The lowest BCUT2D eigenvalue weighted by Gasteiger charge is -2.34. The van der Waals surface area contributed by atoms with Gasteiger partial charge in [-0.15, -0.1) is 0 Å². The van der Waals surface area contributed by atoms with Crippen LogP contribution in [0.2, 0.25) is 0 Å². The third-order valence-corrected chi connectivity index (χ3v) is 8.00. The van der Waals surface area contributed by atoms with Gasteiger partial charge in [0.05, 0.1) is 12.7 Å². The van der Waals surface area contributed by atoms with E-state index in [-0.39, 0.29) is 5.91 Å². The molecule has 0 aliphatic carbocycles. The van der Waals surface area contributed by atoms with Crippen molar-refractivity contribution >= 4 is 5.91 Å². The molecule has 0 saturated carbocycles. The largest absolute Gasteiger partial charge is 0.493 e. The summed E-state index contributed by atoms with van der Waals surface area (Å²) in [7, 11) is 0. The SMILES string of the molecule is CCN1CCC(COc2ccc3c(c2)CCN(C[C@H](O)CN2CCc4ccccc4C2)C3=O)CC1. The Kier molecular flexibility index (Phi) is 7.71. The quantitative estimate of drug-likeness (QED) is 0.633. The van der Waals surface area contributed by atoms with Crippen LogP contribution in [0.5, 0.6) is 5.75 Å². The molecule has 1 fully saturated rings. The molecule has 6 nitrogen and oxygen atoms in total. The van der Waals surface area contributed by atoms with Gasteiger partial charge in [0.2, 0.25) is 0 Å². The fourth-order valence-corrected chi connectivity index (χ4v) is 5.78. The van der Waals surface area contributed by atoms with Crippen LogP contribution in [0.15, 0.2) is 42.5 Å². The molecule has 2 aromatic rings. The Morgan fingerprint density at radius 1 is 0.943 bits per heavy atom. The summed E-state index contributed by atoms with van der Waals surface area (Å²) >= 11 is 0. The number of aliphatic hydroxyl groups excluding tert-OH is 1. The van der Waals surface area contributed by atoms with Gasteiger partial charge in [0.1, 0.15) is 5.75 Å². The molecule has 0 aromatic heterocycles. The smallest absolute Gasteiger partial charge is 0.254 e. The van der Waals surface area contributed by atoms with Crippen LogP contribution in [0.1, 0.15) is 46.8 Å². The maximum absolute atomic E-state index is 13.1. The predicted molar refractivity (Wildman–Crippen MR) is 138 cm³/mol. The van der Waals surface area contributed by atoms with E-state index in [9.17, 15) is 9.90 Å². The molecule has 6 heteroatoms. The average molecular weight is 478 g/mol. The van der Waals surface area contributed by atoms with E-state index in [1.54, 1.807) is 0 Å². The van der Waals surface area contributed by atoms with Crippen molar-refractivity contribution in [1.29, 1.82) is 0 Å². The number of ether oxygens (including phenoxy) is 1. The Labute approximate surface area is 209 Å². The third-order valence-electron chi connectivity index (χ3n) is 8.00. The monoisotopic (exact) mass is 477 g/mol. The minimum absolute atomic E-state index is 0.0211. The molecule has 3 aliphatic heterocycles. The summed E-state index contributed by atoms with van der Waals surface area (Å²) in [6.45, 7) is 9.87. The summed E-state index contributed by atoms with van der Waals surface area (Å²) in [4.78, 5) is 19.7. The molecular formula is C29H39N3O3. The van der Waals surface area contributed by atoms with Crippen LogP contribution in [0, 0.1) is 5.92 Å². The number of rotatable bonds is 8. The summed E-state index contributed by atoms with van der Waals surface area (Å²) in [5.74, 6) is 1.50. The summed E-state index contributed by atoms with van der Waals surface area (Å²) in [6.07, 6.45) is 3.65. The van der Waals surface area contributed by atoms with Crippen LogP contribution in [0.4, 0.5) is 0 Å². The van der Waals surface area contributed by atoms with Gasteiger partial charge in [-0.2, -0.15) is 0 Å². The van der Waals surface area contributed by atoms with Crippen molar-refractivity contribution in [3.63, 3.8) is 0 Å². The number of nitrogens with zero attached hydrogens (tertiary/aromatic N) is 3. The molecule has 1 saturated heterocycles. The number of aliphatic hydroxyl groups is 1. The lowest BCUT2D eigenvalue weighted by Crippen LogP contribution is -2.46. The second-order valence-corrected chi connectivity index (χ2v) is 10.4. The van der Waals surface area contributed by atoms with Gasteiger partial charge < -0.3 is 19.6 Å². The Hall–Kier alpha value is -2.41. The lowest BCUT2D eigenvalue weighted by atomic mass is 9.97. The van der Waals surface area contributed by atoms with Crippen molar-refractivity contribution in [2.45, 2.75) is 45.3 Å². The number of amides is 1. The molecular weight excluding hydrogens is 438 g/mol. The van der Waals surface area contributed by atoms with Gasteiger partial charge in [0.25, 0.3) is 5.91 Å². The maximum atomic E-state index is 13.1. The molecule has 0 spiro atoms. The van der Waals surface area contributed by atoms with E-state index < -0.39 is 6.10 Å². The fraction of sp³-hybridized carbons (Fsp3) is 0.552. The lowest BCUT2D eigenvalue weighted by molar-refractivity contribution is 0.0492. The standard InChI is InChI=1S/C29H39N3O3/c1-2-30-13-9-22(10-14-30)21-35-27-7-8-28-24(17-27)12-16-32(29(28)34)20-26(33)19-31-15-11-23-5-3-4-6-25(23)18-31/h3-8,17,22,26,33H,2,9-16,18-21H2,1H3/t26-/m1/s1. The van der Waals surface area contributed by atoms with Crippen molar-refractivity contribution in [2.24, 2.45) is 5.92 Å².